The van der Waals surface area contributed by atoms with Crippen LogP contribution in [0.4, 0.5) is 0 Å². The predicted octanol–water partition coefficient (Wildman–Crippen LogP) is 0.564. The first-order valence-corrected chi connectivity index (χ1v) is 4.64. The zero-order valence-corrected chi connectivity index (χ0v) is 7.76. The Kier molecular flexibility index (Phi) is 1.65. The lowest BCUT2D eigenvalue weighted by molar-refractivity contribution is -0.128. The molecule has 1 aliphatic carbocycles. The monoisotopic (exact) mass is 168 g/mol. The first-order valence-electron chi connectivity index (χ1n) is 4.64. The lowest BCUT2D eigenvalue weighted by Gasteiger charge is -2.24. The van der Waals surface area contributed by atoms with Gasteiger partial charge in [0.2, 0.25) is 5.91 Å². The molecule has 1 saturated heterocycles. The van der Waals surface area contributed by atoms with Crippen LogP contribution in [0.25, 0.3) is 0 Å². The standard InChI is InChI=1S/C9H16N2O/c1-7-10-5-8(12)11(7)6-9(2)3-4-9/h7,10H,3-6H2,1-2H3. The van der Waals surface area contributed by atoms with Crippen molar-refractivity contribution in [1.82, 2.24) is 10.2 Å². The number of hydrogen-bond acceptors (Lipinski definition) is 2. The lowest BCUT2D eigenvalue weighted by Crippen LogP contribution is -2.38. The van der Waals surface area contributed by atoms with Crippen molar-refractivity contribution in [3.63, 3.8) is 0 Å². The number of nitrogens with zero attached hydrogens (tertiary/aromatic N) is 1. The highest BCUT2D eigenvalue weighted by molar-refractivity contribution is 5.80. The summed E-state index contributed by atoms with van der Waals surface area (Å²) in [6.45, 7) is 5.78. The van der Waals surface area contributed by atoms with Crippen molar-refractivity contribution in [3.05, 3.63) is 0 Å². The van der Waals surface area contributed by atoms with E-state index in [0.717, 1.165) is 6.54 Å². The van der Waals surface area contributed by atoms with Gasteiger partial charge in [-0.3, -0.25) is 10.1 Å². The van der Waals surface area contributed by atoms with Gasteiger partial charge in [-0.05, 0) is 25.2 Å². The van der Waals surface area contributed by atoms with Crippen LogP contribution in [0.3, 0.4) is 0 Å². The molecule has 2 rings (SSSR count). The molecule has 1 unspecified atom stereocenters. The van der Waals surface area contributed by atoms with Crippen molar-refractivity contribution >= 4 is 5.91 Å². The molecule has 1 heterocycles. The second-order valence-electron chi connectivity index (χ2n) is 4.39. The van der Waals surface area contributed by atoms with E-state index in [1.54, 1.807) is 0 Å². The van der Waals surface area contributed by atoms with Gasteiger partial charge in [-0.25, -0.2) is 0 Å². The molecule has 2 fully saturated rings. The molecule has 68 valence electrons. The van der Waals surface area contributed by atoms with Crippen LogP contribution < -0.4 is 5.32 Å². The van der Waals surface area contributed by atoms with Gasteiger partial charge in [0.25, 0.3) is 0 Å². The highest BCUT2D eigenvalue weighted by Gasteiger charge is 2.42. The topological polar surface area (TPSA) is 32.3 Å². The summed E-state index contributed by atoms with van der Waals surface area (Å²) in [6.07, 6.45) is 2.81. The summed E-state index contributed by atoms with van der Waals surface area (Å²) in [5, 5.41) is 3.15. The molecule has 1 amide bonds. The zero-order chi connectivity index (χ0) is 8.77. The minimum Gasteiger partial charge on any atom is -0.326 e. The first-order chi connectivity index (χ1) is 5.61. The summed E-state index contributed by atoms with van der Waals surface area (Å²) in [5.41, 5.74) is 0.440. The van der Waals surface area contributed by atoms with Crippen LogP contribution >= 0.6 is 0 Å². The van der Waals surface area contributed by atoms with Gasteiger partial charge in [0.05, 0.1) is 12.7 Å². The highest BCUT2D eigenvalue weighted by Crippen LogP contribution is 2.45. The average molecular weight is 168 g/mol. The third kappa shape index (κ3) is 1.33. The second-order valence-corrected chi connectivity index (χ2v) is 4.39. The largest absolute Gasteiger partial charge is 0.326 e. The van der Waals surface area contributed by atoms with Gasteiger partial charge >= 0.3 is 0 Å². The fourth-order valence-electron chi connectivity index (χ4n) is 1.67. The summed E-state index contributed by atoms with van der Waals surface area (Å²) in [6, 6.07) is 0. The van der Waals surface area contributed by atoms with Gasteiger partial charge in [0.1, 0.15) is 0 Å². The molecule has 1 saturated carbocycles. The number of nitrogens with one attached hydrogen (secondary N) is 1. The van der Waals surface area contributed by atoms with Crippen LogP contribution in [0, 0.1) is 5.41 Å². The van der Waals surface area contributed by atoms with Gasteiger partial charge in [-0.2, -0.15) is 0 Å². The fourth-order valence-corrected chi connectivity index (χ4v) is 1.67. The average Bonchev–Trinajstić information content (AvgIpc) is 2.67. The molecule has 1 N–H and O–H groups in total. The van der Waals surface area contributed by atoms with E-state index in [0.29, 0.717) is 12.0 Å². The van der Waals surface area contributed by atoms with Crippen LogP contribution in [-0.2, 0) is 4.79 Å². The molecule has 3 nitrogen and oxygen atoms in total. The summed E-state index contributed by atoms with van der Waals surface area (Å²) >= 11 is 0. The number of hydrogen-bond donors (Lipinski definition) is 1. The zero-order valence-electron chi connectivity index (χ0n) is 7.76. The SMILES string of the molecule is CC1NCC(=O)N1CC1(C)CC1. The molecule has 3 heteroatoms. The Morgan fingerprint density at radius 2 is 2.33 bits per heavy atom. The van der Waals surface area contributed by atoms with Crippen molar-refractivity contribution in [3.8, 4) is 0 Å². The van der Waals surface area contributed by atoms with E-state index in [4.69, 9.17) is 0 Å². The molecule has 0 aromatic rings. The Balaban J connectivity index is 1.97. The fraction of sp³-hybridized carbons (Fsp3) is 0.889. The Morgan fingerprint density at radius 3 is 2.75 bits per heavy atom. The van der Waals surface area contributed by atoms with Gasteiger partial charge in [0, 0.05) is 6.54 Å². The Morgan fingerprint density at radius 1 is 1.67 bits per heavy atom. The molecular weight excluding hydrogens is 152 g/mol. The number of rotatable bonds is 2. The summed E-state index contributed by atoms with van der Waals surface area (Å²) < 4.78 is 0. The minimum absolute atomic E-state index is 0.245. The van der Waals surface area contributed by atoms with E-state index in [-0.39, 0.29) is 12.1 Å². The Bertz CT molecular complexity index is 211. The normalized spacial score (nSPS) is 32.7. The molecular formula is C9H16N2O. The third-order valence-electron chi connectivity index (χ3n) is 2.99. The number of carbonyl (C=O) groups excluding carboxylic acids is 1. The predicted molar refractivity (Wildman–Crippen MR) is 46.5 cm³/mol. The van der Waals surface area contributed by atoms with E-state index >= 15 is 0 Å². The quantitative estimate of drug-likeness (QED) is 0.653. The highest BCUT2D eigenvalue weighted by atomic mass is 16.2. The maximum Gasteiger partial charge on any atom is 0.237 e. The van der Waals surface area contributed by atoms with Crippen molar-refractivity contribution in [1.29, 1.82) is 0 Å². The van der Waals surface area contributed by atoms with Crippen molar-refractivity contribution in [2.45, 2.75) is 32.9 Å². The third-order valence-corrected chi connectivity index (χ3v) is 2.99. The number of amides is 1. The molecule has 0 radical (unpaired) electrons. The molecule has 1 aliphatic heterocycles. The maximum atomic E-state index is 11.4. The van der Waals surface area contributed by atoms with Crippen molar-refractivity contribution in [2.24, 2.45) is 5.41 Å². The van der Waals surface area contributed by atoms with Crippen LogP contribution in [0.2, 0.25) is 0 Å². The molecule has 2 aliphatic rings. The van der Waals surface area contributed by atoms with E-state index in [1.807, 2.05) is 4.90 Å². The molecule has 0 aromatic heterocycles. The van der Waals surface area contributed by atoms with Crippen LogP contribution in [0.1, 0.15) is 26.7 Å². The van der Waals surface area contributed by atoms with Crippen LogP contribution in [0.15, 0.2) is 0 Å². The van der Waals surface area contributed by atoms with Crippen LogP contribution in [-0.4, -0.2) is 30.1 Å². The van der Waals surface area contributed by atoms with Gasteiger partial charge in [-0.15, -0.1) is 0 Å². The molecule has 1 atom stereocenters. The summed E-state index contributed by atoms with van der Waals surface area (Å²) in [4.78, 5) is 13.3. The van der Waals surface area contributed by atoms with E-state index in [1.165, 1.54) is 12.8 Å². The summed E-state index contributed by atoms with van der Waals surface area (Å²) in [7, 11) is 0. The van der Waals surface area contributed by atoms with Gasteiger partial charge in [-0.1, -0.05) is 6.92 Å². The Hall–Kier alpha value is -0.570. The molecule has 0 spiro atoms. The molecule has 0 aromatic carbocycles. The van der Waals surface area contributed by atoms with Crippen LogP contribution in [0.5, 0.6) is 0 Å². The van der Waals surface area contributed by atoms with Gasteiger partial charge < -0.3 is 4.90 Å². The lowest BCUT2D eigenvalue weighted by atomic mass is 10.1. The molecule has 0 bridgehead atoms. The minimum atomic E-state index is 0.245. The van der Waals surface area contributed by atoms with E-state index in [2.05, 4.69) is 19.2 Å². The Labute approximate surface area is 73.1 Å². The van der Waals surface area contributed by atoms with Crippen molar-refractivity contribution < 1.29 is 4.79 Å². The first kappa shape index (κ1) is 8.05. The second kappa shape index (κ2) is 2.46. The van der Waals surface area contributed by atoms with Crippen molar-refractivity contribution in [2.75, 3.05) is 13.1 Å². The number of carbonyl (C=O) groups is 1. The van der Waals surface area contributed by atoms with E-state index in [9.17, 15) is 4.79 Å². The maximum absolute atomic E-state index is 11.4. The molecule has 12 heavy (non-hydrogen) atoms. The van der Waals surface area contributed by atoms with Gasteiger partial charge in [0.15, 0.2) is 0 Å². The smallest absolute Gasteiger partial charge is 0.237 e. The summed E-state index contributed by atoms with van der Waals surface area (Å²) in [5.74, 6) is 0.260. The van der Waals surface area contributed by atoms with E-state index < -0.39 is 0 Å².